The topological polar surface area (TPSA) is 72.8 Å². The van der Waals surface area contributed by atoms with Crippen molar-refractivity contribution in [2.45, 2.75) is 66.2 Å². The highest BCUT2D eigenvalue weighted by Crippen LogP contribution is 2.37. The van der Waals surface area contributed by atoms with E-state index in [9.17, 15) is 10.1 Å². The number of nitro benzene ring substituents is 1. The Bertz CT molecular complexity index is 1280. The van der Waals surface area contributed by atoms with Gasteiger partial charge in [-0.2, -0.15) is 5.10 Å². The van der Waals surface area contributed by atoms with Crippen molar-refractivity contribution >= 4 is 28.4 Å². The van der Waals surface area contributed by atoms with Gasteiger partial charge in [-0.05, 0) is 60.6 Å². The van der Waals surface area contributed by atoms with E-state index in [1.165, 1.54) is 23.0 Å². The predicted octanol–water partition coefficient (Wildman–Crippen LogP) is 7.92. The minimum absolute atomic E-state index is 0.0707. The van der Waals surface area contributed by atoms with Gasteiger partial charge < -0.3 is 0 Å². The highest BCUT2D eigenvalue weighted by molar-refractivity contribution is 7.07. The maximum Gasteiger partial charge on any atom is 0.270 e. The van der Waals surface area contributed by atoms with Crippen LogP contribution >= 0.6 is 11.3 Å². The summed E-state index contributed by atoms with van der Waals surface area (Å²) >= 11 is 1.50. The number of nitro groups is 1. The molecule has 3 aromatic rings. The maximum absolute atomic E-state index is 11.4. The molecule has 4 rings (SSSR count). The highest BCUT2D eigenvalue weighted by Gasteiger charge is 2.28. The first kappa shape index (κ1) is 25.0. The number of aromatic nitrogens is 1. The molecule has 2 aromatic carbocycles. The lowest BCUT2D eigenvalue weighted by Gasteiger charge is -2.34. The van der Waals surface area contributed by atoms with Crippen molar-refractivity contribution in [3.05, 3.63) is 74.4 Å². The van der Waals surface area contributed by atoms with Crippen LogP contribution in [-0.4, -0.2) is 15.3 Å². The fraction of sp³-hybridized carbons (Fsp3) is 0.429. The van der Waals surface area contributed by atoms with Crippen molar-refractivity contribution in [2.24, 2.45) is 21.4 Å². The van der Waals surface area contributed by atoms with E-state index in [2.05, 4.69) is 46.8 Å². The van der Waals surface area contributed by atoms with Gasteiger partial charge in [0.05, 0.1) is 16.3 Å². The SMILES string of the molecule is CC(C)c1ccc(N=c2scc(-c3cccc([N+](=O)[O-])c3)n2N=C2CCC(C(C)(C)C)CC2)cc1. The van der Waals surface area contributed by atoms with Crippen LogP contribution in [0.15, 0.2) is 64.0 Å². The Balaban J connectivity index is 1.77. The van der Waals surface area contributed by atoms with Crippen molar-refractivity contribution < 1.29 is 4.92 Å². The number of hydrogen-bond acceptors (Lipinski definition) is 5. The second-order valence-corrected chi connectivity index (χ2v) is 11.5. The molecule has 1 fully saturated rings. The summed E-state index contributed by atoms with van der Waals surface area (Å²) in [5.41, 5.74) is 5.26. The van der Waals surface area contributed by atoms with Crippen LogP contribution < -0.4 is 4.80 Å². The summed E-state index contributed by atoms with van der Waals surface area (Å²) in [4.78, 5) is 16.7. The van der Waals surface area contributed by atoms with Gasteiger partial charge in [0.25, 0.3) is 5.69 Å². The third-order valence-corrected chi connectivity index (χ3v) is 7.67. The zero-order chi connectivity index (χ0) is 25.2. The molecule has 0 spiro atoms. The Morgan fingerprint density at radius 1 is 1.09 bits per heavy atom. The van der Waals surface area contributed by atoms with Crippen LogP contribution in [0.2, 0.25) is 0 Å². The fourth-order valence-electron chi connectivity index (χ4n) is 4.55. The molecule has 6 nitrogen and oxygen atoms in total. The number of hydrogen-bond donors (Lipinski definition) is 0. The summed E-state index contributed by atoms with van der Waals surface area (Å²) in [5.74, 6) is 1.15. The van der Waals surface area contributed by atoms with E-state index in [1.54, 1.807) is 12.1 Å². The van der Waals surface area contributed by atoms with Gasteiger partial charge in [-0.1, -0.05) is 58.9 Å². The van der Waals surface area contributed by atoms with Crippen LogP contribution in [0, 0.1) is 21.4 Å². The smallest absolute Gasteiger partial charge is 0.258 e. The minimum atomic E-state index is -0.360. The molecule has 35 heavy (non-hydrogen) atoms. The van der Waals surface area contributed by atoms with E-state index in [-0.39, 0.29) is 10.6 Å². The summed E-state index contributed by atoms with van der Waals surface area (Å²) in [7, 11) is 0. The van der Waals surface area contributed by atoms with Crippen LogP contribution in [0.1, 0.15) is 71.8 Å². The van der Waals surface area contributed by atoms with Crippen molar-refractivity contribution in [3.63, 3.8) is 0 Å². The number of thiazole rings is 1. The standard InChI is InChI=1S/C28H34N4O2S/c1-19(2)20-9-13-23(14-10-20)29-27-31(30-24-15-11-22(12-16-24)28(3,4)5)26(18-35-27)21-7-6-8-25(17-21)32(33)34/h6-10,13-14,17-19,22H,11-12,15-16H2,1-5H3. The number of nitrogens with zero attached hydrogens (tertiary/aromatic N) is 4. The zero-order valence-corrected chi connectivity index (χ0v) is 22.0. The first-order valence-electron chi connectivity index (χ1n) is 12.3. The second-order valence-electron chi connectivity index (χ2n) is 10.7. The summed E-state index contributed by atoms with van der Waals surface area (Å²) in [6, 6.07) is 15.0. The molecule has 0 radical (unpaired) electrons. The molecular weight excluding hydrogens is 456 g/mol. The van der Waals surface area contributed by atoms with Crippen LogP contribution in [0.5, 0.6) is 0 Å². The van der Waals surface area contributed by atoms with E-state index in [0.29, 0.717) is 17.3 Å². The molecule has 1 aliphatic rings. The molecule has 0 bridgehead atoms. The summed E-state index contributed by atoms with van der Waals surface area (Å²) in [6.07, 6.45) is 4.17. The van der Waals surface area contributed by atoms with E-state index in [4.69, 9.17) is 10.1 Å². The maximum atomic E-state index is 11.4. The normalized spacial score (nSPS) is 17.1. The van der Waals surface area contributed by atoms with Crippen molar-refractivity contribution in [1.82, 2.24) is 4.68 Å². The van der Waals surface area contributed by atoms with Crippen molar-refractivity contribution in [2.75, 3.05) is 0 Å². The van der Waals surface area contributed by atoms with Gasteiger partial charge in [0.15, 0.2) is 0 Å². The monoisotopic (exact) mass is 490 g/mol. The third-order valence-electron chi connectivity index (χ3n) is 6.85. The molecule has 0 N–H and O–H groups in total. The zero-order valence-electron chi connectivity index (χ0n) is 21.2. The molecule has 1 aliphatic carbocycles. The molecule has 184 valence electrons. The van der Waals surface area contributed by atoms with Gasteiger partial charge >= 0.3 is 0 Å². The number of benzene rings is 2. The molecule has 1 saturated carbocycles. The van der Waals surface area contributed by atoms with Crippen LogP contribution in [0.25, 0.3) is 11.3 Å². The molecule has 0 amide bonds. The Morgan fingerprint density at radius 3 is 2.37 bits per heavy atom. The summed E-state index contributed by atoms with van der Waals surface area (Å²) in [6.45, 7) is 11.3. The molecule has 1 aromatic heterocycles. The van der Waals surface area contributed by atoms with E-state index in [0.717, 1.165) is 53.1 Å². The van der Waals surface area contributed by atoms with Gasteiger partial charge in [-0.3, -0.25) is 10.1 Å². The van der Waals surface area contributed by atoms with Gasteiger partial charge in [-0.15, -0.1) is 11.3 Å². The number of non-ortho nitro benzene ring substituents is 1. The first-order valence-corrected chi connectivity index (χ1v) is 13.2. The Hall–Kier alpha value is -3.06. The van der Waals surface area contributed by atoms with Crippen LogP contribution in [0.3, 0.4) is 0 Å². The van der Waals surface area contributed by atoms with Gasteiger partial charge in [0.2, 0.25) is 4.80 Å². The molecule has 1 heterocycles. The Morgan fingerprint density at radius 2 is 1.77 bits per heavy atom. The lowest BCUT2D eigenvalue weighted by molar-refractivity contribution is -0.384. The first-order chi connectivity index (χ1) is 16.6. The Labute approximate surface area is 211 Å². The van der Waals surface area contributed by atoms with E-state index in [1.807, 2.05) is 28.3 Å². The van der Waals surface area contributed by atoms with E-state index >= 15 is 0 Å². The molecule has 0 atom stereocenters. The Kier molecular flexibility index (Phi) is 7.36. The van der Waals surface area contributed by atoms with Gasteiger partial charge in [0, 0.05) is 28.8 Å². The molecule has 0 unspecified atom stereocenters. The fourth-order valence-corrected chi connectivity index (χ4v) is 5.40. The van der Waals surface area contributed by atoms with Gasteiger partial charge in [0.1, 0.15) is 0 Å². The summed E-state index contributed by atoms with van der Waals surface area (Å²) in [5, 5.41) is 18.4. The molecule has 7 heteroatoms. The second kappa shape index (κ2) is 10.3. The predicted molar refractivity (Wildman–Crippen MR) is 144 cm³/mol. The average molecular weight is 491 g/mol. The van der Waals surface area contributed by atoms with Crippen LogP contribution in [-0.2, 0) is 0 Å². The average Bonchev–Trinajstić information content (AvgIpc) is 3.21. The van der Waals surface area contributed by atoms with Crippen molar-refractivity contribution in [3.8, 4) is 11.3 Å². The molecule has 0 saturated heterocycles. The van der Waals surface area contributed by atoms with E-state index < -0.39 is 0 Å². The lowest BCUT2D eigenvalue weighted by Crippen LogP contribution is -2.26. The highest BCUT2D eigenvalue weighted by atomic mass is 32.1. The lowest BCUT2D eigenvalue weighted by atomic mass is 9.72. The number of rotatable bonds is 5. The molecular formula is C28H34N4O2S. The third kappa shape index (κ3) is 5.96. The largest absolute Gasteiger partial charge is 0.270 e. The molecule has 0 aliphatic heterocycles. The minimum Gasteiger partial charge on any atom is -0.258 e. The van der Waals surface area contributed by atoms with Gasteiger partial charge in [-0.25, -0.2) is 9.67 Å². The quantitative estimate of drug-likeness (QED) is 0.269. The summed E-state index contributed by atoms with van der Waals surface area (Å²) < 4.78 is 1.88. The van der Waals surface area contributed by atoms with Crippen molar-refractivity contribution in [1.29, 1.82) is 0 Å². The van der Waals surface area contributed by atoms with Crippen LogP contribution in [0.4, 0.5) is 11.4 Å².